The lowest BCUT2D eigenvalue weighted by atomic mass is 10.2. The summed E-state index contributed by atoms with van der Waals surface area (Å²) in [6.07, 6.45) is 0.803. The van der Waals surface area contributed by atoms with E-state index in [1.165, 1.54) is 29.5 Å². The minimum absolute atomic E-state index is 0.0438. The van der Waals surface area contributed by atoms with Gasteiger partial charge in [-0.1, -0.05) is 23.7 Å². The zero-order valence-corrected chi connectivity index (χ0v) is 12.5. The summed E-state index contributed by atoms with van der Waals surface area (Å²) >= 11 is 7.29. The number of ether oxygens (including phenoxy) is 1. The van der Waals surface area contributed by atoms with Gasteiger partial charge in [-0.15, -0.1) is 11.3 Å². The number of thiophene rings is 1. The average molecular weight is 326 g/mol. The molecule has 1 aromatic carbocycles. The summed E-state index contributed by atoms with van der Waals surface area (Å²) in [6, 6.07) is 7.95. The molecule has 0 aliphatic rings. The van der Waals surface area contributed by atoms with Crippen LogP contribution in [0, 0.1) is 10.1 Å². The van der Waals surface area contributed by atoms with Gasteiger partial charge in [-0.2, -0.15) is 0 Å². The number of nitro groups is 1. The van der Waals surface area contributed by atoms with Crippen LogP contribution < -0.4 is 4.74 Å². The highest BCUT2D eigenvalue weighted by atomic mass is 35.5. The van der Waals surface area contributed by atoms with Gasteiger partial charge in [0, 0.05) is 12.5 Å². The zero-order chi connectivity index (χ0) is 15.2. The Balaban J connectivity index is 1.89. The summed E-state index contributed by atoms with van der Waals surface area (Å²) in [6.45, 7) is 0.196. The number of Topliss-reactive ketones (excluding diaryl/α,β-unsaturated/α-hetero) is 1. The van der Waals surface area contributed by atoms with E-state index >= 15 is 0 Å². The van der Waals surface area contributed by atoms with Crippen LogP contribution in [0.1, 0.15) is 22.5 Å². The van der Waals surface area contributed by atoms with E-state index in [0.29, 0.717) is 17.7 Å². The second-order valence-corrected chi connectivity index (χ2v) is 5.55. The van der Waals surface area contributed by atoms with Crippen LogP contribution in [-0.4, -0.2) is 17.3 Å². The number of carbonyl (C=O) groups is 1. The van der Waals surface area contributed by atoms with Crippen molar-refractivity contribution < 1.29 is 14.5 Å². The van der Waals surface area contributed by atoms with Crippen LogP contribution in [-0.2, 0) is 0 Å². The highest BCUT2D eigenvalue weighted by Gasteiger charge is 2.18. The third-order valence-corrected chi connectivity index (χ3v) is 3.94. The van der Waals surface area contributed by atoms with E-state index in [2.05, 4.69) is 0 Å². The van der Waals surface area contributed by atoms with E-state index in [1.54, 1.807) is 6.07 Å². The molecule has 0 atom stereocenters. The second-order valence-electron chi connectivity index (χ2n) is 4.20. The molecule has 5 nitrogen and oxygen atoms in total. The molecule has 0 bridgehead atoms. The Labute approximate surface area is 130 Å². The van der Waals surface area contributed by atoms with E-state index in [1.807, 2.05) is 11.4 Å². The van der Waals surface area contributed by atoms with Crippen molar-refractivity contribution in [2.75, 3.05) is 6.61 Å². The van der Waals surface area contributed by atoms with E-state index in [9.17, 15) is 14.9 Å². The summed E-state index contributed by atoms with van der Waals surface area (Å²) in [4.78, 5) is 22.8. The fraction of sp³-hybridized carbons (Fsp3) is 0.214. The Morgan fingerprint density at radius 1 is 1.33 bits per heavy atom. The molecule has 0 aliphatic carbocycles. The van der Waals surface area contributed by atoms with Crippen LogP contribution in [0.4, 0.5) is 5.69 Å². The van der Waals surface area contributed by atoms with Crippen molar-refractivity contribution in [2.24, 2.45) is 0 Å². The van der Waals surface area contributed by atoms with Crippen LogP contribution in [0.5, 0.6) is 5.75 Å². The van der Waals surface area contributed by atoms with Crippen molar-refractivity contribution >= 4 is 34.4 Å². The predicted molar refractivity (Wildman–Crippen MR) is 81.5 cm³/mol. The van der Waals surface area contributed by atoms with Crippen molar-refractivity contribution in [3.8, 4) is 5.75 Å². The first kappa shape index (κ1) is 15.5. The number of nitrogens with zero attached hydrogens (tertiary/aromatic N) is 1. The number of para-hydroxylation sites is 1. The Bertz CT molecular complexity index is 642. The van der Waals surface area contributed by atoms with Gasteiger partial charge in [-0.25, -0.2) is 0 Å². The Kier molecular flexibility index (Phi) is 5.30. The van der Waals surface area contributed by atoms with E-state index in [0.717, 1.165) is 0 Å². The van der Waals surface area contributed by atoms with Gasteiger partial charge in [0.05, 0.1) is 21.4 Å². The molecule has 110 valence electrons. The van der Waals surface area contributed by atoms with Crippen LogP contribution >= 0.6 is 22.9 Å². The number of hydrogen-bond acceptors (Lipinski definition) is 5. The summed E-state index contributed by atoms with van der Waals surface area (Å²) in [5.74, 6) is 0.0926. The molecule has 0 unspecified atom stereocenters. The first-order valence-electron chi connectivity index (χ1n) is 6.22. The molecule has 0 spiro atoms. The molecular formula is C14H12ClNO4S. The van der Waals surface area contributed by atoms with E-state index in [4.69, 9.17) is 16.3 Å². The molecule has 21 heavy (non-hydrogen) atoms. The van der Waals surface area contributed by atoms with Crippen LogP contribution in [0.2, 0.25) is 5.02 Å². The molecule has 0 amide bonds. The summed E-state index contributed by atoms with van der Waals surface area (Å²) < 4.78 is 5.37. The maximum Gasteiger partial charge on any atom is 0.312 e. The van der Waals surface area contributed by atoms with Crippen molar-refractivity contribution in [1.82, 2.24) is 0 Å². The number of rotatable bonds is 7. The fourth-order valence-electron chi connectivity index (χ4n) is 1.75. The molecule has 0 N–H and O–H groups in total. The lowest BCUT2D eigenvalue weighted by Gasteiger charge is -2.07. The SMILES string of the molecule is O=C(CCCOc1c(Cl)cccc1[N+](=O)[O-])c1cccs1. The number of halogens is 1. The average Bonchev–Trinajstić information content (AvgIpc) is 2.98. The van der Waals surface area contributed by atoms with E-state index in [-0.39, 0.29) is 28.8 Å². The minimum atomic E-state index is -0.544. The van der Waals surface area contributed by atoms with Gasteiger partial charge in [-0.05, 0) is 23.9 Å². The fourth-order valence-corrected chi connectivity index (χ4v) is 2.67. The smallest absolute Gasteiger partial charge is 0.312 e. The molecule has 0 saturated carbocycles. The van der Waals surface area contributed by atoms with Gasteiger partial charge in [-0.3, -0.25) is 14.9 Å². The number of nitro benzene ring substituents is 1. The third kappa shape index (κ3) is 4.03. The Morgan fingerprint density at radius 2 is 2.14 bits per heavy atom. The van der Waals surface area contributed by atoms with Crippen LogP contribution in [0.15, 0.2) is 35.7 Å². The molecule has 0 radical (unpaired) electrons. The van der Waals surface area contributed by atoms with Gasteiger partial charge >= 0.3 is 5.69 Å². The summed E-state index contributed by atoms with van der Waals surface area (Å²) in [5.41, 5.74) is -0.174. The lowest BCUT2D eigenvalue weighted by molar-refractivity contribution is -0.385. The second kappa shape index (κ2) is 7.19. The molecule has 7 heteroatoms. The molecular weight excluding hydrogens is 314 g/mol. The highest BCUT2D eigenvalue weighted by Crippen LogP contribution is 2.34. The van der Waals surface area contributed by atoms with Gasteiger partial charge in [0.15, 0.2) is 5.78 Å². The number of hydrogen-bond donors (Lipinski definition) is 0. The number of carbonyl (C=O) groups excluding carboxylic acids is 1. The third-order valence-electron chi connectivity index (χ3n) is 2.73. The number of ketones is 1. The molecule has 2 rings (SSSR count). The number of benzene rings is 1. The maximum atomic E-state index is 11.8. The lowest BCUT2D eigenvalue weighted by Crippen LogP contribution is -2.04. The standard InChI is InChI=1S/C14H12ClNO4S/c15-10-4-1-5-11(16(18)19)14(10)20-8-2-6-12(17)13-7-3-9-21-13/h1,3-5,7,9H,2,6,8H2. The topological polar surface area (TPSA) is 69.4 Å². The Hall–Kier alpha value is -1.92. The van der Waals surface area contributed by atoms with Crippen LogP contribution in [0.25, 0.3) is 0 Å². The molecule has 0 saturated heterocycles. The normalized spacial score (nSPS) is 10.3. The van der Waals surface area contributed by atoms with Gasteiger partial charge in [0.1, 0.15) is 0 Å². The molecule has 1 heterocycles. The minimum Gasteiger partial charge on any atom is -0.486 e. The maximum absolute atomic E-state index is 11.8. The van der Waals surface area contributed by atoms with Crippen molar-refractivity contribution in [3.05, 3.63) is 55.7 Å². The van der Waals surface area contributed by atoms with Crippen molar-refractivity contribution in [1.29, 1.82) is 0 Å². The quantitative estimate of drug-likeness (QED) is 0.328. The van der Waals surface area contributed by atoms with Crippen molar-refractivity contribution in [2.45, 2.75) is 12.8 Å². The van der Waals surface area contributed by atoms with Crippen LogP contribution in [0.3, 0.4) is 0 Å². The predicted octanol–water partition coefficient (Wildman–Crippen LogP) is 4.35. The zero-order valence-electron chi connectivity index (χ0n) is 11.0. The molecule has 1 aromatic heterocycles. The van der Waals surface area contributed by atoms with E-state index < -0.39 is 4.92 Å². The van der Waals surface area contributed by atoms with Crippen molar-refractivity contribution in [3.63, 3.8) is 0 Å². The Morgan fingerprint density at radius 3 is 2.81 bits per heavy atom. The molecule has 2 aromatic rings. The first-order chi connectivity index (χ1) is 10.1. The summed E-state index contributed by atoms with van der Waals surface area (Å²) in [5, 5.41) is 12.9. The molecule has 0 fully saturated rings. The molecule has 0 aliphatic heterocycles. The monoisotopic (exact) mass is 325 g/mol. The first-order valence-corrected chi connectivity index (χ1v) is 7.48. The largest absolute Gasteiger partial charge is 0.486 e. The van der Waals surface area contributed by atoms with Gasteiger partial charge in [0.2, 0.25) is 5.75 Å². The highest BCUT2D eigenvalue weighted by molar-refractivity contribution is 7.12. The van der Waals surface area contributed by atoms with Gasteiger partial charge in [0.25, 0.3) is 0 Å². The summed E-state index contributed by atoms with van der Waals surface area (Å²) in [7, 11) is 0. The van der Waals surface area contributed by atoms with Gasteiger partial charge < -0.3 is 4.74 Å².